The summed E-state index contributed by atoms with van der Waals surface area (Å²) < 4.78 is 12.5. The molecule has 0 spiro atoms. The van der Waals surface area contributed by atoms with Crippen molar-refractivity contribution in [2.24, 2.45) is 0 Å². The molecule has 0 fully saturated rings. The summed E-state index contributed by atoms with van der Waals surface area (Å²) in [7, 11) is 1.56. The Balaban J connectivity index is 1.92. The molecule has 98 valence electrons. The molecule has 19 heavy (non-hydrogen) atoms. The van der Waals surface area contributed by atoms with Crippen molar-refractivity contribution in [2.75, 3.05) is 7.11 Å². The van der Waals surface area contributed by atoms with Crippen LogP contribution in [0.5, 0.6) is 0 Å². The van der Waals surface area contributed by atoms with E-state index in [1.54, 1.807) is 11.1 Å². The third-order valence-electron chi connectivity index (χ3n) is 2.62. The summed E-state index contributed by atoms with van der Waals surface area (Å²) in [5.74, 6) is 0.882. The average Bonchev–Trinajstić information content (AvgIpc) is 2.97. The van der Waals surface area contributed by atoms with Crippen LogP contribution in [0.15, 0.2) is 33.6 Å². The summed E-state index contributed by atoms with van der Waals surface area (Å²) in [5.41, 5.74) is -0.0290. The lowest BCUT2D eigenvalue weighted by Gasteiger charge is -1.92. The number of aromatic nitrogens is 3. The molecular formula is C12H11N3O3S. The maximum absolute atomic E-state index is 12.1. The minimum atomic E-state index is -0.0290. The summed E-state index contributed by atoms with van der Waals surface area (Å²) in [6, 6.07) is 7.50. The Kier molecular flexibility index (Phi) is 3.14. The van der Waals surface area contributed by atoms with Crippen LogP contribution in [0, 0.1) is 0 Å². The molecule has 0 N–H and O–H groups in total. The van der Waals surface area contributed by atoms with E-state index in [-0.39, 0.29) is 12.2 Å². The summed E-state index contributed by atoms with van der Waals surface area (Å²) in [6.07, 6.45) is 0. The third kappa shape index (κ3) is 2.29. The highest BCUT2D eigenvalue weighted by Crippen LogP contribution is 2.16. The van der Waals surface area contributed by atoms with Crippen LogP contribution in [0.2, 0.25) is 0 Å². The van der Waals surface area contributed by atoms with E-state index in [4.69, 9.17) is 9.26 Å². The second-order valence-electron chi connectivity index (χ2n) is 3.97. The van der Waals surface area contributed by atoms with Crippen molar-refractivity contribution in [2.45, 2.75) is 13.2 Å². The number of ether oxygens (including phenoxy) is 1. The molecule has 0 radical (unpaired) electrons. The van der Waals surface area contributed by atoms with Gasteiger partial charge in [-0.1, -0.05) is 28.8 Å². The molecule has 3 aromatic rings. The van der Waals surface area contributed by atoms with Crippen LogP contribution in [0.4, 0.5) is 0 Å². The van der Waals surface area contributed by atoms with Crippen molar-refractivity contribution in [1.29, 1.82) is 0 Å². The minimum absolute atomic E-state index is 0.0290. The molecule has 0 aliphatic rings. The fourth-order valence-electron chi connectivity index (χ4n) is 1.79. The van der Waals surface area contributed by atoms with Crippen LogP contribution in [0.25, 0.3) is 10.1 Å². The predicted molar refractivity (Wildman–Crippen MR) is 70.2 cm³/mol. The number of hydrogen-bond donors (Lipinski definition) is 0. The van der Waals surface area contributed by atoms with Crippen molar-refractivity contribution < 1.29 is 9.26 Å². The van der Waals surface area contributed by atoms with E-state index in [1.807, 2.05) is 24.3 Å². The maximum atomic E-state index is 12.1. The molecule has 0 aliphatic heterocycles. The number of nitrogens with zero attached hydrogens (tertiary/aromatic N) is 3. The van der Waals surface area contributed by atoms with Crippen molar-refractivity contribution >= 4 is 21.6 Å². The quantitative estimate of drug-likeness (QED) is 0.725. The van der Waals surface area contributed by atoms with E-state index < -0.39 is 0 Å². The first-order valence-electron chi connectivity index (χ1n) is 5.67. The summed E-state index contributed by atoms with van der Waals surface area (Å²) in [4.78, 5) is 16.3. The van der Waals surface area contributed by atoms with Crippen LogP contribution in [-0.4, -0.2) is 21.2 Å². The lowest BCUT2D eigenvalue weighted by atomic mass is 10.3. The third-order valence-corrected chi connectivity index (χ3v) is 3.68. The van der Waals surface area contributed by atoms with Crippen LogP contribution in [-0.2, 0) is 17.9 Å². The van der Waals surface area contributed by atoms with Gasteiger partial charge in [0.2, 0.25) is 0 Å². The van der Waals surface area contributed by atoms with Gasteiger partial charge in [-0.15, -0.1) is 0 Å². The standard InChI is InChI=1S/C12H11N3O3S/c1-17-7-11-13-10(14-18-11)6-15-12(16)8-4-2-3-5-9(8)19-15/h2-5H,6-7H2,1H3. The number of hydrogen-bond acceptors (Lipinski definition) is 6. The molecule has 0 unspecified atom stereocenters. The molecular weight excluding hydrogens is 266 g/mol. The topological polar surface area (TPSA) is 70.2 Å². The van der Waals surface area contributed by atoms with Crippen LogP contribution < -0.4 is 5.56 Å². The second kappa shape index (κ2) is 4.94. The largest absolute Gasteiger partial charge is 0.375 e. The number of methoxy groups -OCH3 is 1. The highest BCUT2D eigenvalue weighted by molar-refractivity contribution is 7.13. The fraction of sp³-hybridized carbons (Fsp3) is 0.250. The van der Waals surface area contributed by atoms with Crippen LogP contribution in [0.1, 0.15) is 11.7 Å². The van der Waals surface area contributed by atoms with E-state index >= 15 is 0 Å². The van der Waals surface area contributed by atoms with Gasteiger partial charge in [0.1, 0.15) is 13.2 Å². The number of benzene rings is 1. The first-order valence-corrected chi connectivity index (χ1v) is 6.44. The molecule has 0 atom stereocenters. The highest BCUT2D eigenvalue weighted by atomic mass is 32.1. The minimum Gasteiger partial charge on any atom is -0.375 e. The van der Waals surface area contributed by atoms with Gasteiger partial charge < -0.3 is 9.26 Å². The van der Waals surface area contributed by atoms with Crippen LogP contribution in [0.3, 0.4) is 0 Å². The Morgan fingerprint density at radius 2 is 2.26 bits per heavy atom. The molecule has 6 nitrogen and oxygen atoms in total. The zero-order valence-electron chi connectivity index (χ0n) is 10.2. The van der Waals surface area contributed by atoms with Crippen molar-refractivity contribution in [1.82, 2.24) is 14.1 Å². The number of rotatable bonds is 4. The van der Waals surface area contributed by atoms with Gasteiger partial charge in [0.25, 0.3) is 11.4 Å². The lowest BCUT2D eigenvalue weighted by molar-refractivity contribution is 0.151. The molecule has 0 bridgehead atoms. The maximum Gasteiger partial charge on any atom is 0.268 e. The Labute approximate surface area is 112 Å². The lowest BCUT2D eigenvalue weighted by Crippen LogP contribution is -2.14. The number of fused-ring (bicyclic) bond motifs is 1. The van der Waals surface area contributed by atoms with Crippen molar-refractivity contribution in [3.8, 4) is 0 Å². The van der Waals surface area contributed by atoms with Gasteiger partial charge in [0, 0.05) is 7.11 Å². The summed E-state index contributed by atoms with van der Waals surface area (Å²) >= 11 is 1.39. The normalized spacial score (nSPS) is 11.2. The second-order valence-corrected chi connectivity index (χ2v) is 5.03. The Morgan fingerprint density at radius 3 is 3.05 bits per heavy atom. The molecule has 0 saturated carbocycles. The van der Waals surface area contributed by atoms with Gasteiger partial charge >= 0.3 is 0 Å². The smallest absolute Gasteiger partial charge is 0.268 e. The van der Waals surface area contributed by atoms with Gasteiger partial charge in [0.15, 0.2) is 5.82 Å². The molecule has 2 heterocycles. The van der Waals surface area contributed by atoms with Gasteiger partial charge in [-0.25, -0.2) is 0 Å². The van der Waals surface area contributed by atoms with Crippen molar-refractivity contribution in [3.05, 3.63) is 46.3 Å². The zero-order valence-corrected chi connectivity index (χ0v) is 11.0. The molecule has 0 amide bonds. The zero-order chi connectivity index (χ0) is 13.2. The molecule has 2 aromatic heterocycles. The van der Waals surface area contributed by atoms with E-state index in [2.05, 4.69) is 10.1 Å². The van der Waals surface area contributed by atoms with Crippen molar-refractivity contribution in [3.63, 3.8) is 0 Å². The van der Waals surface area contributed by atoms with Crippen LogP contribution >= 0.6 is 11.5 Å². The molecule has 0 saturated heterocycles. The van der Waals surface area contributed by atoms with E-state index in [0.29, 0.717) is 23.6 Å². The first kappa shape index (κ1) is 12.1. The molecule has 0 aliphatic carbocycles. The predicted octanol–water partition coefficient (Wildman–Crippen LogP) is 1.64. The molecule has 1 aromatic carbocycles. The Bertz CT molecular complexity index is 759. The van der Waals surface area contributed by atoms with E-state index in [0.717, 1.165) is 4.70 Å². The SMILES string of the molecule is COCc1nc(Cn2sc3ccccc3c2=O)no1. The Hall–Kier alpha value is -1.99. The van der Waals surface area contributed by atoms with Gasteiger partial charge in [0.05, 0.1) is 10.1 Å². The monoisotopic (exact) mass is 277 g/mol. The van der Waals surface area contributed by atoms with E-state index in [1.165, 1.54) is 11.5 Å². The fourth-order valence-corrected chi connectivity index (χ4v) is 2.78. The highest BCUT2D eigenvalue weighted by Gasteiger charge is 2.11. The Morgan fingerprint density at radius 1 is 1.42 bits per heavy atom. The molecule has 7 heteroatoms. The van der Waals surface area contributed by atoms with Gasteiger partial charge in [-0.3, -0.25) is 8.75 Å². The summed E-state index contributed by atoms with van der Waals surface area (Å²) in [5, 5.41) is 4.54. The van der Waals surface area contributed by atoms with E-state index in [9.17, 15) is 4.79 Å². The summed E-state index contributed by atoms with van der Waals surface area (Å²) in [6.45, 7) is 0.583. The van der Waals surface area contributed by atoms with Gasteiger partial charge in [-0.05, 0) is 12.1 Å². The average molecular weight is 277 g/mol. The first-order chi connectivity index (χ1) is 9.28. The van der Waals surface area contributed by atoms with Gasteiger partial charge in [-0.2, -0.15) is 4.98 Å². The molecule has 3 rings (SSSR count).